The summed E-state index contributed by atoms with van der Waals surface area (Å²) in [4.78, 5) is 22.3. The molecule has 6 nitrogen and oxygen atoms in total. The van der Waals surface area contributed by atoms with Gasteiger partial charge < -0.3 is 10.6 Å². The Labute approximate surface area is 125 Å². The first-order valence-electron chi connectivity index (χ1n) is 6.45. The van der Waals surface area contributed by atoms with Crippen molar-refractivity contribution in [3.63, 3.8) is 0 Å². The van der Waals surface area contributed by atoms with Crippen molar-refractivity contribution in [2.45, 2.75) is 25.8 Å². The molecule has 108 valence electrons. The van der Waals surface area contributed by atoms with Gasteiger partial charge in [0, 0.05) is 16.6 Å². The number of non-ortho nitro benzene ring substituents is 1. The number of carbonyl (C=O) groups excluding carboxylic acids is 1. The first-order chi connectivity index (χ1) is 9.47. The maximum Gasteiger partial charge on any atom is 0.270 e. The number of hydrogen-bond donors (Lipinski definition) is 2. The van der Waals surface area contributed by atoms with Crippen LogP contribution < -0.4 is 10.6 Å². The van der Waals surface area contributed by atoms with Gasteiger partial charge in [-0.3, -0.25) is 14.9 Å². The van der Waals surface area contributed by atoms with E-state index in [0.29, 0.717) is 16.1 Å². The molecule has 1 aromatic carbocycles. The molecule has 0 spiro atoms. The van der Waals surface area contributed by atoms with Crippen LogP contribution in [0.4, 0.5) is 11.4 Å². The zero-order chi connectivity index (χ0) is 14.7. The third-order valence-corrected chi connectivity index (χ3v) is 4.06. The summed E-state index contributed by atoms with van der Waals surface area (Å²) in [5.41, 5.74) is 0.528. The minimum absolute atomic E-state index is 0.0145. The second kappa shape index (κ2) is 6.32. The lowest BCUT2D eigenvalue weighted by Crippen LogP contribution is -2.45. The molecule has 1 aliphatic rings. The molecule has 1 aromatic rings. The summed E-state index contributed by atoms with van der Waals surface area (Å²) in [7, 11) is 0. The van der Waals surface area contributed by atoms with Gasteiger partial charge in [0.1, 0.15) is 0 Å². The fraction of sp³-hybridized carbons (Fsp3) is 0.462. The normalized spacial score (nSPS) is 22.3. The van der Waals surface area contributed by atoms with Crippen LogP contribution in [0, 0.1) is 16.0 Å². The highest BCUT2D eigenvalue weighted by molar-refractivity contribution is 9.10. The number of nitro groups is 1. The molecule has 0 aliphatic carbocycles. The van der Waals surface area contributed by atoms with E-state index >= 15 is 0 Å². The fourth-order valence-corrected chi connectivity index (χ4v) is 2.71. The Kier molecular flexibility index (Phi) is 4.72. The van der Waals surface area contributed by atoms with Crippen LogP contribution >= 0.6 is 15.9 Å². The lowest BCUT2D eigenvalue weighted by molar-refractivity contribution is -0.384. The van der Waals surface area contributed by atoms with E-state index < -0.39 is 4.92 Å². The number of nitrogens with one attached hydrogen (secondary N) is 2. The number of benzene rings is 1. The fourth-order valence-electron chi connectivity index (χ4n) is 2.25. The SMILES string of the molecule is CC1CCNC(C(=O)Nc2ccc([N+](=O)[O-])cc2Br)C1. The summed E-state index contributed by atoms with van der Waals surface area (Å²) < 4.78 is 0.504. The highest BCUT2D eigenvalue weighted by Gasteiger charge is 2.25. The van der Waals surface area contributed by atoms with Gasteiger partial charge in [0.15, 0.2) is 0 Å². The standard InChI is InChI=1S/C13H16BrN3O3/c1-8-4-5-15-12(6-8)13(18)16-11-3-2-9(17(19)20)7-10(11)14/h2-3,7-8,12,15H,4-6H2,1H3,(H,16,18). The smallest absolute Gasteiger partial charge is 0.270 e. The van der Waals surface area contributed by atoms with Gasteiger partial charge in [0.05, 0.1) is 16.7 Å². The lowest BCUT2D eigenvalue weighted by atomic mass is 9.94. The molecule has 1 aliphatic heterocycles. The lowest BCUT2D eigenvalue weighted by Gasteiger charge is -2.27. The van der Waals surface area contributed by atoms with Gasteiger partial charge in [-0.15, -0.1) is 0 Å². The minimum atomic E-state index is -0.471. The van der Waals surface area contributed by atoms with Crippen LogP contribution in [0.25, 0.3) is 0 Å². The Morgan fingerprint density at radius 1 is 1.55 bits per heavy atom. The molecular weight excluding hydrogens is 326 g/mol. The van der Waals surface area contributed by atoms with Crippen LogP contribution in [0.2, 0.25) is 0 Å². The molecule has 0 aromatic heterocycles. The predicted octanol–water partition coefficient (Wildman–Crippen LogP) is 2.68. The highest BCUT2D eigenvalue weighted by atomic mass is 79.9. The van der Waals surface area contributed by atoms with Gasteiger partial charge >= 0.3 is 0 Å². The van der Waals surface area contributed by atoms with Gasteiger partial charge in [-0.2, -0.15) is 0 Å². The van der Waals surface area contributed by atoms with Crippen LogP contribution in [-0.4, -0.2) is 23.4 Å². The van der Waals surface area contributed by atoms with E-state index in [4.69, 9.17) is 0 Å². The van der Waals surface area contributed by atoms with E-state index in [1.807, 2.05) is 0 Å². The van der Waals surface area contributed by atoms with Gasteiger partial charge in [-0.25, -0.2) is 0 Å². The third-order valence-electron chi connectivity index (χ3n) is 3.40. The van der Waals surface area contributed by atoms with Gasteiger partial charge in [0.2, 0.25) is 5.91 Å². The average Bonchev–Trinajstić information content (AvgIpc) is 2.40. The van der Waals surface area contributed by atoms with Crippen LogP contribution in [0.15, 0.2) is 22.7 Å². The average molecular weight is 342 g/mol. The summed E-state index contributed by atoms with van der Waals surface area (Å²) in [6, 6.07) is 4.08. The van der Waals surface area contributed by atoms with Crippen molar-refractivity contribution in [2.24, 2.45) is 5.92 Å². The van der Waals surface area contributed by atoms with Crippen molar-refractivity contribution < 1.29 is 9.72 Å². The van der Waals surface area contributed by atoms with E-state index in [2.05, 4.69) is 33.5 Å². The number of amides is 1. The molecule has 1 heterocycles. The summed E-state index contributed by atoms with van der Waals surface area (Å²) in [6.07, 6.45) is 1.88. The van der Waals surface area contributed by atoms with Gasteiger partial charge in [-0.1, -0.05) is 6.92 Å². The van der Waals surface area contributed by atoms with Crippen molar-refractivity contribution in [2.75, 3.05) is 11.9 Å². The van der Waals surface area contributed by atoms with Crippen molar-refractivity contribution >= 4 is 33.2 Å². The monoisotopic (exact) mass is 341 g/mol. The molecule has 1 amide bonds. The Morgan fingerprint density at radius 2 is 2.30 bits per heavy atom. The van der Waals surface area contributed by atoms with Crippen molar-refractivity contribution in [1.82, 2.24) is 5.32 Å². The molecule has 20 heavy (non-hydrogen) atoms. The Hall–Kier alpha value is -1.47. The summed E-state index contributed by atoms with van der Waals surface area (Å²) in [5.74, 6) is 0.415. The van der Waals surface area contributed by atoms with Crippen LogP contribution in [0.1, 0.15) is 19.8 Å². The molecular formula is C13H16BrN3O3. The van der Waals surface area contributed by atoms with Gasteiger partial charge in [0.25, 0.3) is 5.69 Å². The number of rotatable bonds is 3. The minimum Gasteiger partial charge on any atom is -0.324 e. The van der Waals surface area contributed by atoms with Crippen molar-refractivity contribution in [3.05, 3.63) is 32.8 Å². The summed E-state index contributed by atoms with van der Waals surface area (Å²) in [5, 5.41) is 16.6. The molecule has 2 atom stereocenters. The van der Waals surface area contributed by atoms with Crippen LogP contribution in [0.5, 0.6) is 0 Å². The maximum atomic E-state index is 12.2. The zero-order valence-electron chi connectivity index (χ0n) is 11.1. The molecule has 0 radical (unpaired) electrons. The number of piperidine rings is 1. The second-order valence-electron chi connectivity index (χ2n) is 5.05. The molecule has 0 bridgehead atoms. The number of nitro benzene ring substituents is 1. The van der Waals surface area contributed by atoms with Crippen molar-refractivity contribution in [1.29, 1.82) is 0 Å². The molecule has 2 rings (SSSR count). The van der Waals surface area contributed by atoms with E-state index in [-0.39, 0.29) is 17.6 Å². The quantitative estimate of drug-likeness (QED) is 0.653. The summed E-state index contributed by atoms with van der Waals surface area (Å²) in [6.45, 7) is 2.96. The van der Waals surface area contributed by atoms with Gasteiger partial charge in [-0.05, 0) is 47.3 Å². The molecule has 2 N–H and O–H groups in total. The van der Waals surface area contributed by atoms with Crippen LogP contribution in [-0.2, 0) is 4.79 Å². The van der Waals surface area contributed by atoms with E-state index in [1.54, 1.807) is 0 Å². The second-order valence-corrected chi connectivity index (χ2v) is 5.90. The van der Waals surface area contributed by atoms with E-state index in [9.17, 15) is 14.9 Å². The largest absolute Gasteiger partial charge is 0.324 e. The Balaban J connectivity index is 2.06. The maximum absolute atomic E-state index is 12.2. The predicted molar refractivity (Wildman–Crippen MR) is 79.6 cm³/mol. The topological polar surface area (TPSA) is 84.3 Å². The van der Waals surface area contributed by atoms with E-state index in [0.717, 1.165) is 19.4 Å². The Morgan fingerprint density at radius 3 is 2.90 bits per heavy atom. The Bertz CT molecular complexity index is 536. The molecule has 1 saturated heterocycles. The number of hydrogen-bond acceptors (Lipinski definition) is 4. The molecule has 7 heteroatoms. The van der Waals surface area contributed by atoms with Crippen molar-refractivity contribution in [3.8, 4) is 0 Å². The molecule has 0 saturated carbocycles. The van der Waals surface area contributed by atoms with Crippen LogP contribution in [0.3, 0.4) is 0 Å². The summed E-state index contributed by atoms with van der Waals surface area (Å²) >= 11 is 3.24. The molecule has 1 fully saturated rings. The number of carbonyl (C=O) groups is 1. The number of halogens is 1. The highest BCUT2D eigenvalue weighted by Crippen LogP contribution is 2.27. The number of nitrogens with zero attached hydrogens (tertiary/aromatic N) is 1. The third kappa shape index (κ3) is 3.55. The number of anilines is 1. The first kappa shape index (κ1) is 14.9. The zero-order valence-corrected chi connectivity index (χ0v) is 12.6. The first-order valence-corrected chi connectivity index (χ1v) is 7.25. The molecule has 2 unspecified atom stereocenters. The van der Waals surface area contributed by atoms with E-state index in [1.165, 1.54) is 18.2 Å².